The Morgan fingerprint density at radius 3 is 2.70 bits per heavy atom. The minimum absolute atomic E-state index is 0.274. The van der Waals surface area contributed by atoms with E-state index in [1.807, 2.05) is 18.4 Å². The van der Waals surface area contributed by atoms with Gasteiger partial charge in [-0.3, -0.25) is 9.82 Å². The van der Waals surface area contributed by atoms with Crippen molar-refractivity contribution < 1.29 is 4.39 Å². The van der Waals surface area contributed by atoms with Crippen molar-refractivity contribution in [3.8, 4) is 22.5 Å². The molecule has 0 aliphatic carbocycles. The van der Waals surface area contributed by atoms with E-state index in [2.05, 4.69) is 66.2 Å². The van der Waals surface area contributed by atoms with E-state index in [4.69, 9.17) is 0 Å². The van der Waals surface area contributed by atoms with Crippen LogP contribution in [0.5, 0.6) is 0 Å². The lowest BCUT2D eigenvalue weighted by atomic mass is 9.89. The number of aromatic nitrogens is 4. The summed E-state index contributed by atoms with van der Waals surface area (Å²) in [5, 5.41) is 13.3. The highest BCUT2D eigenvalue weighted by Crippen LogP contribution is 2.35. The van der Waals surface area contributed by atoms with Crippen LogP contribution in [0.25, 0.3) is 44.5 Å². The summed E-state index contributed by atoms with van der Waals surface area (Å²) in [6.07, 6.45) is 6.02. The van der Waals surface area contributed by atoms with E-state index < -0.39 is 9.39 Å². The van der Waals surface area contributed by atoms with Crippen LogP contribution in [0, 0.1) is 5.82 Å². The molecule has 5 aromatic rings. The zero-order chi connectivity index (χ0) is 25.6. The summed E-state index contributed by atoms with van der Waals surface area (Å²) in [5.74, 6) is 8.40. The molecule has 8 heteroatoms. The largest absolute Gasteiger partial charge is 0.338 e. The van der Waals surface area contributed by atoms with Gasteiger partial charge in [-0.15, -0.1) is 0 Å². The molecule has 0 spiro atoms. The highest BCUT2D eigenvalue weighted by molar-refractivity contribution is 8.25. The molecule has 4 heterocycles. The minimum atomic E-state index is -1.40. The van der Waals surface area contributed by atoms with Gasteiger partial charge in [-0.25, -0.2) is 9.37 Å². The van der Waals surface area contributed by atoms with Crippen molar-refractivity contribution in [2.75, 3.05) is 19.3 Å². The number of hydrogen-bond acceptors (Lipinski definition) is 4. The highest BCUT2D eigenvalue weighted by atomic mass is 32.2. The topological polar surface area (TPSA) is 81.4 Å². The monoisotopic (exact) mass is 514 g/mol. The Morgan fingerprint density at radius 2 is 1.89 bits per heavy atom. The first-order valence-corrected chi connectivity index (χ1v) is 14.9. The summed E-state index contributed by atoms with van der Waals surface area (Å²) in [4.78, 5) is 8.01. The first-order chi connectivity index (χ1) is 17.8. The maximum atomic E-state index is 14.6. The minimum Gasteiger partial charge on any atom is -0.338 e. The smallest absolute Gasteiger partial charge is 0.138 e. The van der Waals surface area contributed by atoms with E-state index in [9.17, 15) is 4.39 Å². The zero-order valence-electron chi connectivity index (χ0n) is 20.9. The maximum absolute atomic E-state index is 14.6. The predicted octanol–water partition coefficient (Wildman–Crippen LogP) is 5.68. The van der Waals surface area contributed by atoms with Crippen LogP contribution in [-0.4, -0.2) is 51.3 Å². The Morgan fingerprint density at radius 1 is 1.05 bits per heavy atom. The molecule has 4 N–H and O–H groups in total. The number of nitrogens with one attached hydrogen (secondary N) is 4. The van der Waals surface area contributed by atoms with Gasteiger partial charge >= 0.3 is 0 Å². The molecule has 1 aliphatic rings. The zero-order valence-corrected chi connectivity index (χ0v) is 21.7. The van der Waals surface area contributed by atoms with Gasteiger partial charge in [0.25, 0.3) is 0 Å². The molecule has 0 atom stereocenters. The molecule has 6 rings (SSSR count). The van der Waals surface area contributed by atoms with Crippen molar-refractivity contribution in [1.82, 2.24) is 30.2 Å². The molecule has 3 aromatic heterocycles. The van der Waals surface area contributed by atoms with Gasteiger partial charge in [-0.1, -0.05) is 17.8 Å². The van der Waals surface area contributed by atoms with Crippen LogP contribution in [-0.2, 0) is 6.54 Å². The molecular formula is C29H31FN6S. The number of hydrogen-bond donors (Lipinski definition) is 4. The molecule has 1 fully saturated rings. The fourth-order valence-electron chi connectivity index (χ4n) is 5.22. The fourth-order valence-corrected chi connectivity index (χ4v) is 5.73. The number of nitrogens with zero attached hydrogens (tertiary/aromatic N) is 2. The van der Waals surface area contributed by atoms with Crippen molar-refractivity contribution in [2.24, 2.45) is 0 Å². The van der Waals surface area contributed by atoms with Crippen LogP contribution >= 0.6 is 9.39 Å². The fraction of sp³-hybridized carbons (Fsp3) is 0.241. The Labute approximate surface area is 216 Å². The first-order valence-electron chi connectivity index (χ1n) is 12.5. The van der Waals surface area contributed by atoms with Gasteiger partial charge in [0.15, 0.2) is 0 Å². The van der Waals surface area contributed by atoms with Crippen LogP contribution in [0.4, 0.5) is 4.39 Å². The molecule has 0 bridgehead atoms. The third-order valence-corrected chi connectivity index (χ3v) is 7.92. The number of piperidine rings is 1. The van der Waals surface area contributed by atoms with Gasteiger partial charge in [0.2, 0.25) is 0 Å². The lowest BCUT2D eigenvalue weighted by Gasteiger charge is -2.23. The lowest BCUT2D eigenvalue weighted by molar-refractivity contribution is 0.460. The predicted molar refractivity (Wildman–Crippen MR) is 156 cm³/mol. The molecule has 190 valence electrons. The summed E-state index contributed by atoms with van der Waals surface area (Å²) >= 11 is 0. The molecule has 0 saturated carbocycles. The molecule has 0 radical (unpaired) electrons. The van der Waals surface area contributed by atoms with E-state index in [-0.39, 0.29) is 5.82 Å². The Hall–Kier alpha value is -3.46. The average Bonchev–Trinajstić information content (AvgIpc) is 3.51. The van der Waals surface area contributed by atoms with Crippen molar-refractivity contribution in [1.29, 1.82) is 0 Å². The maximum Gasteiger partial charge on any atom is 0.138 e. The second-order valence-corrected chi connectivity index (χ2v) is 13.0. The number of H-pyrrole nitrogens is 2. The van der Waals surface area contributed by atoms with E-state index in [1.165, 1.54) is 5.56 Å². The standard InChI is InChI=1S/C29H31FN6S/c1-37(2,3)33-17-18-12-21(14-22(30)13-18)23-8-11-32-29-24(23)16-27(34-29)28-25-15-20(4-5-26(25)35-36-28)19-6-9-31-10-7-19/h4-5,8,11-16,19,31,33H,1-2,6-7,9-10,17H2,3H3,(H,32,34)(H,35,36). The van der Waals surface area contributed by atoms with Crippen molar-refractivity contribution >= 4 is 43.1 Å². The summed E-state index contributed by atoms with van der Waals surface area (Å²) in [6, 6.07) is 15.8. The van der Waals surface area contributed by atoms with Gasteiger partial charge in [-0.05, 0) is 103 Å². The normalized spacial score (nSPS) is 15.1. The van der Waals surface area contributed by atoms with Crippen molar-refractivity contribution in [2.45, 2.75) is 25.3 Å². The van der Waals surface area contributed by atoms with Gasteiger partial charge in [-0.2, -0.15) is 14.5 Å². The molecule has 0 amide bonds. The van der Waals surface area contributed by atoms with Crippen molar-refractivity contribution in [3.63, 3.8) is 0 Å². The third kappa shape index (κ3) is 4.92. The number of fused-ring (bicyclic) bond motifs is 2. The number of benzene rings is 2. The average molecular weight is 515 g/mol. The van der Waals surface area contributed by atoms with Crippen LogP contribution < -0.4 is 10.0 Å². The summed E-state index contributed by atoms with van der Waals surface area (Å²) in [7, 11) is -1.40. The quantitative estimate of drug-likeness (QED) is 0.220. The van der Waals surface area contributed by atoms with Crippen LogP contribution in [0.15, 0.2) is 54.7 Å². The molecule has 1 saturated heterocycles. The second-order valence-electron chi connectivity index (χ2n) is 10.1. The van der Waals surface area contributed by atoms with E-state index in [1.54, 1.807) is 18.3 Å². The Bertz CT molecular complexity index is 1710. The highest BCUT2D eigenvalue weighted by Gasteiger charge is 2.19. The SMILES string of the molecule is C=S(=C)(C)NCc1cc(F)cc(-c2ccnc3[nH]c(-c4n[nH]c5ccc(C6CCNCC6)cc45)cc23)c1. The summed E-state index contributed by atoms with van der Waals surface area (Å²) in [5.41, 5.74) is 7.44. The second kappa shape index (κ2) is 9.45. The summed E-state index contributed by atoms with van der Waals surface area (Å²) in [6.45, 7) is 2.62. The molecule has 2 aromatic carbocycles. The third-order valence-electron chi connectivity index (χ3n) is 7.08. The van der Waals surface area contributed by atoms with Gasteiger partial charge in [0.1, 0.15) is 17.2 Å². The Balaban J connectivity index is 1.40. The van der Waals surface area contributed by atoms with E-state index in [0.29, 0.717) is 12.5 Å². The van der Waals surface area contributed by atoms with Gasteiger partial charge in [0.05, 0.1) is 11.2 Å². The van der Waals surface area contributed by atoms with Crippen LogP contribution in [0.2, 0.25) is 0 Å². The van der Waals surface area contributed by atoms with E-state index in [0.717, 1.165) is 75.9 Å². The molecule has 1 aliphatic heterocycles. The first kappa shape index (κ1) is 23.9. The van der Waals surface area contributed by atoms with Crippen LogP contribution in [0.1, 0.15) is 29.9 Å². The number of pyridine rings is 1. The number of halogens is 1. The van der Waals surface area contributed by atoms with Gasteiger partial charge < -0.3 is 10.3 Å². The van der Waals surface area contributed by atoms with Gasteiger partial charge in [0, 0.05) is 23.5 Å². The number of rotatable bonds is 6. The molecular weight excluding hydrogens is 483 g/mol. The van der Waals surface area contributed by atoms with Crippen molar-refractivity contribution in [3.05, 3.63) is 71.7 Å². The number of aromatic amines is 2. The Kier molecular flexibility index (Phi) is 6.10. The molecule has 37 heavy (non-hydrogen) atoms. The molecule has 0 unspecified atom stereocenters. The van der Waals surface area contributed by atoms with Crippen LogP contribution in [0.3, 0.4) is 0 Å². The summed E-state index contributed by atoms with van der Waals surface area (Å²) < 4.78 is 17.9. The lowest BCUT2D eigenvalue weighted by Crippen LogP contribution is -2.26. The molecule has 6 nitrogen and oxygen atoms in total. The van der Waals surface area contributed by atoms with E-state index >= 15 is 0 Å².